The van der Waals surface area contributed by atoms with E-state index < -0.39 is 0 Å². The van der Waals surface area contributed by atoms with Crippen LogP contribution in [0.4, 0.5) is 0 Å². The van der Waals surface area contributed by atoms with Gasteiger partial charge in [-0.25, -0.2) is 0 Å². The summed E-state index contributed by atoms with van der Waals surface area (Å²) in [6, 6.07) is 0.555. The Hall–Kier alpha value is 0.420. The molecule has 0 aromatic carbocycles. The summed E-state index contributed by atoms with van der Waals surface area (Å²) < 4.78 is 1.86. The first kappa shape index (κ1) is 8.52. The van der Waals surface area contributed by atoms with Crippen molar-refractivity contribution in [1.82, 2.24) is 0 Å². The van der Waals surface area contributed by atoms with Crippen molar-refractivity contribution >= 4 is 43.1 Å². The average Bonchev–Trinajstić information content (AvgIpc) is 2.70. The minimum absolute atomic E-state index is 0.555. The van der Waals surface area contributed by atoms with Gasteiger partial charge in [0.1, 0.15) is 4.62 Å². The SMILES string of the molecule is NC=C(I)C(Br)=NC1CC1. The van der Waals surface area contributed by atoms with Crippen molar-refractivity contribution in [2.75, 3.05) is 0 Å². The number of aliphatic imine (C=N–C) groups is 1. The molecule has 2 N–H and O–H groups in total. The lowest BCUT2D eigenvalue weighted by molar-refractivity contribution is 1.08. The van der Waals surface area contributed by atoms with E-state index in [1.165, 1.54) is 12.8 Å². The molecule has 1 saturated carbocycles. The molecule has 0 heterocycles. The zero-order chi connectivity index (χ0) is 7.56. The van der Waals surface area contributed by atoms with Gasteiger partial charge < -0.3 is 5.73 Å². The Kier molecular flexibility index (Phi) is 3.16. The Morgan fingerprint density at radius 1 is 1.70 bits per heavy atom. The van der Waals surface area contributed by atoms with E-state index in [9.17, 15) is 0 Å². The number of rotatable bonds is 2. The Labute approximate surface area is 82.2 Å². The quantitative estimate of drug-likeness (QED) is 0.616. The van der Waals surface area contributed by atoms with Gasteiger partial charge in [0.05, 0.1) is 9.62 Å². The summed E-state index contributed by atoms with van der Waals surface area (Å²) in [5.41, 5.74) is 5.29. The molecule has 0 amide bonds. The van der Waals surface area contributed by atoms with E-state index >= 15 is 0 Å². The van der Waals surface area contributed by atoms with E-state index in [1.807, 2.05) is 0 Å². The van der Waals surface area contributed by atoms with Gasteiger partial charge in [-0.1, -0.05) is 0 Å². The molecule has 0 aliphatic heterocycles. The maximum atomic E-state index is 5.29. The summed E-state index contributed by atoms with van der Waals surface area (Å²) in [4.78, 5) is 4.34. The minimum atomic E-state index is 0.555. The molecule has 0 aromatic rings. The summed E-state index contributed by atoms with van der Waals surface area (Å²) in [5.74, 6) is 0. The average molecular weight is 315 g/mol. The molecule has 1 aliphatic rings. The first-order chi connectivity index (χ1) is 4.74. The maximum absolute atomic E-state index is 5.29. The molecule has 0 atom stereocenters. The number of halogens is 2. The van der Waals surface area contributed by atoms with Crippen LogP contribution in [0, 0.1) is 0 Å². The lowest BCUT2D eigenvalue weighted by Gasteiger charge is -1.92. The van der Waals surface area contributed by atoms with Crippen LogP contribution < -0.4 is 5.73 Å². The van der Waals surface area contributed by atoms with E-state index in [-0.39, 0.29) is 0 Å². The van der Waals surface area contributed by atoms with Crippen molar-refractivity contribution in [3.63, 3.8) is 0 Å². The van der Waals surface area contributed by atoms with Gasteiger partial charge in [-0.15, -0.1) is 0 Å². The predicted molar refractivity (Wildman–Crippen MR) is 55.7 cm³/mol. The smallest absolute Gasteiger partial charge is 0.115 e. The van der Waals surface area contributed by atoms with E-state index in [0.29, 0.717) is 6.04 Å². The number of nitrogens with two attached hydrogens (primary N) is 1. The summed E-state index contributed by atoms with van der Waals surface area (Å²) in [6.45, 7) is 0. The highest BCUT2D eigenvalue weighted by Crippen LogP contribution is 2.26. The maximum Gasteiger partial charge on any atom is 0.115 e. The molecule has 56 valence electrons. The van der Waals surface area contributed by atoms with Gasteiger partial charge in [0, 0.05) is 6.20 Å². The molecular weight excluding hydrogens is 307 g/mol. The first-order valence-corrected chi connectivity index (χ1v) is 4.92. The van der Waals surface area contributed by atoms with Crippen LogP contribution in [-0.2, 0) is 0 Å². The number of hydrogen-bond donors (Lipinski definition) is 1. The van der Waals surface area contributed by atoms with Crippen LogP contribution in [0.25, 0.3) is 0 Å². The zero-order valence-electron chi connectivity index (χ0n) is 5.35. The number of nitrogens with zero attached hydrogens (tertiary/aromatic N) is 1. The zero-order valence-corrected chi connectivity index (χ0v) is 9.09. The third-order valence-electron chi connectivity index (χ3n) is 1.19. The normalized spacial score (nSPS) is 21.4. The molecule has 0 unspecified atom stereocenters. The molecule has 4 heteroatoms. The molecular formula is C6H8BrIN2. The van der Waals surface area contributed by atoms with Crippen molar-refractivity contribution in [2.45, 2.75) is 18.9 Å². The van der Waals surface area contributed by atoms with E-state index in [1.54, 1.807) is 6.20 Å². The molecule has 1 aliphatic carbocycles. The number of hydrogen-bond acceptors (Lipinski definition) is 2. The lowest BCUT2D eigenvalue weighted by Crippen LogP contribution is -1.91. The van der Waals surface area contributed by atoms with E-state index in [0.717, 1.165) is 8.20 Å². The fourth-order valence-electron chi connectivity index (χ4n) is 0.494. The third kappa shape index (κ3) is 2.57. The Morgan fingerprint density at radius 2 is 2.30 bits per heavy atom. The highest BCUT2D eigenvalue weighted by Gasteiger charge is 2.20. The van der Waals surface area contributed by atoms with Gasteiger partial charge in [0.25, 0.3) is 0 Å². The summed E-state index contributed by atoms with van der Waals surface area (Å²) in [7, 11) is 0. The fourth-order valence-corrected chi connectivity index (χ4v) is 1.06. The van der Waals surface area contributed by atoms with Crippen LogP contribution in [-0.4, -0.2) is 10.7 Å². The molecule has 1 fully saturated rings. The van der Waals surface area contributed by atoms with Crippen molar-refractivity contribution in [3.05, 3.63) is 9.78 Å². The van der Waals surface area contributed by atoms with Gasteiger partial charge in [0.2, 0.25) is 0 Å². The van der Waals surface area contributed by atoms with Gasteiger partial charge in [-0.05, 0) is 51.4 Å². The molecule has 0 radical (unpaired) electrons. The van der Waals surface area contributed by atoms with Crippen LogP contribution in [0.15, 0.2) is 14.8 Å². The van der Waals surface area contributed by atoms with Gasteiger partial charge in [-0.2, -0.15) is 0 Å². The van der Waals surface area contributed by atoms with Gasteiger partial charge in [0.15, 0.2) is 0 Å². The van der Waals surface area contributed by atoms with Gasteiger partial charge in [-0.3, -0.25) is 4.99 Å². The van der Waals surface area contributed by atoms with E-state index in [4.69, 9.17) is 5.73 Å². The largest absolute Gasteiger partial charge is 0.404 e. The highest BCUT2D eigenvalue weighted by atomic mass is 127. The molecule has 2 nitrogen and oxygen atoms in total. The summed E-state index contributed by atoms with van der Waals surface area (Å²) >= 11 is 5.49. The Balaban J connectivity index is 2.53. The minimum Gasteiger partial charge on any atom is -0.404 e. The molecule has 0 spiro atoms. The fraction of sp³-hybridized carbons (Fsp3) is 0.500. The Bertz CT molecular complexity index is 184. The molecule has 10 heavy (non-hydrogen) atoms. The molecule has 0 bridgehead atoms. The molecule has 1 rings (SSSR count). The van der Waals surface area contributed by atoms with Crippen molar-refractivity contribution in [2.24, 2.45) is 10.7 Å². The highest BCUT2D eigenvalue weighted by molar-refractivity contribution is 14.1. The van der Waals surface area contributed by atoms with Crippen LogP contribution in [0.5, 0.6) is 0 Å². The lowest BCUT2D eigenvalue weighted by atomic mass is 10.6. The molecule has 0 aromatic heterocycles. The monoisotopic (exact) mass is 314 g/mol. The van der Waals surface area contributed by atoms with Crippen LogP contribution >= 0.6 is 38.5 Å². The first-order valence-electron chi connectivity index (χ1n) is 3.05. The second-order valence-corrected chi connectivity index (χ2v) is 4.08. The van der Waals surface area contributed by atoms with Crippen LogP contribution in [0.3, 0.4) is 0 Å². The Morgan fingerprint density at radius 3 is 2.70 bits per heavy atom. The van der Waals surface area contributed by atoms with Crippen molar-refractivity contribution in [3.8, 4) is 0 Å². The number of allylic oxidation sites excluding steroid dienone is 1. The van der Waals surface area contributed by atoms with Crippen LogP contribution in [0.2, 0.25) is 0 Å². The standard InChI is InChI=1S/C6H8BrIN2/c7-6(5(8)3-9)10-4-1-2-4/h3-4H,1-2,9H2. The summed E-state index contributed by atoms with van der Waals surface area (Å²) in [6.07, 6.45) is 4.00. The second-order valence-electron chi connectivity index (χ2n) is 2.17. The van der Waals surface area contributed by atoms with Crippen LogP contribution in [0.1, 0.15) is 12.8 Å². The van der Waals surface area contributed by atoms with Gasteiger partial charge >= 0.3 is 0 Å². The van der Waals surface area contributed by atoms with Crippen molar-refractivity contribution in [1.29, 1.82) is 0 Å². The molecule has 0 saturated heterocycles. The summed E-state index contributed by atoms with van der Waals surface area (Å²) in [5, 5.41) is 0. The topological polar surface area (TPSA) is 38.4 Å². The third-order valence-corrected chi connectivity index (χ3v) is 3.43. The van der Waals surface area contributed by atoms with Crippen molar-refractivity contribution < 1.29 is 0 Å². The van der Waals surface area contributed by atoms with E-state index in [2.05, 4.69) is 43.5 Å². The second kappa shape index (κ2) is 3.71. The predicted octanol–water partition coefficient (Wildman–Crippen LogP) is 2.18.